The van der Waals surface area contributed by atoms with Crippen molar-refractivity contribution in [3.63, 3.8) is 0 Å². The fraction of sp³-hybridized carbons (Fsp3) is 0.875. The average molecular weight is 563 g/mol. The predicted molar refractivity (Wildman–Crippen MR) is 148 cm³/mol. The van der Waals surface area contributed by atoms with Crippen molar-refractivity contribution in [2.45, 2.75) is 143 Å². The van der Waals surface area contributed by atoms with Crippen LogP contribution in [0.3, 0.4) is 0 Å². The van der Waals surface area contributed by atoms with Crippen LogP contribution in [0.5, 0.6) is 0 Å². The van der Waals surface area contributed by atoms with Crippen molar-refractivity contribution in [3.05, 3.63) is 0 Å². The zero-order chi connectivity index (χ0) is 29.4. The van der Waals surface area contributed by atoms with E-state index in [4.69, 9.17) is 14.2 Å². The number of carboxylic acid groups (broad SMARTS) is 1. The minimum absolute atomic E-state index is 0.115. The number of aliphatic carboxylic acids is 1. The highest BCUT2D eigenvalue weighted by Crippen LogP contribution is 2.72. The Hall–Kier alpha value is -1.96. The Balaban J connectivity index is 1.51. The number of rotatable bonds is 13. The molecule has 6 aliphatic rings. The number of carboxylic acids is 1. The summed E-state index contributed by atoms with van der Waals surface area (Å²) in [4.78, 5) is 52.4. The Bertz CT molecular complexity index is 993. The number of hydrogen-bond donors (Lipinski definition) is 1. The summed E-state index contributed by atoms with van der Waals surface area (Å²) in [5, 5.41) is 9.86. The first kappa shape index (κ1) is 31.0. The Morgan fingerprint density at radius 1 is 1.05 bits per heavy atom. The van der Waals surface area contributed by atoms with E-state index in [-0.39, 0.29) is 36.1 Å². The third-order valence-corrected chi connectivity index (χ3v) is 11.1. The lowest BCUT2D eigenvalue weighted by molar-refractivity contribution is -0.230. The summed E-state index contributed by atoms with van der Waals surface area (Å²) >= 11 is 0. The average Bonchev–Trinajstić information content (AvgIpc) is 2.92. The van der Waals surface area contributed by atoms with E-state index in [1.807, 2.05) is 20.8 Å². The molecular weight excluding hydrogens is 512 g/mol. The molecule has 0 amide bonds. The second kappa shape index (κ2) is 11.4. The second-order valence-corrected chi connectivity index (χ2v) is 14.2. The molecule has 5 atom stereocenters. The van der Waals surface area contributed by atoms with Gasteiger partial charge in [-0.25, -0.2) is 0 Å². The van der Waals surface area contributed by atoms with Crippen molar-refractivity contribution < 1.29 is 38.5 Å². The summed E-state index contributed by atoms with van der Waals surface area (Å²) in [5.41, 5.74) is -2.92. The summed E-state index contributed by atoms with van der Waals surface area (Å²) in [5.74, 6) is -1.89. The molecule has 6 rings (SSSR count). The van der Waals surface area contributed by atoms with Gasteiger partial charge in [0.25, 0.3) is 0 Å². The van der Waals surface area contributed by atoms with Crippen molar-refractivity contribution in [3.8, 4) is 0 Å². The maximum Gasteiger partial charge on any atom is 0.314 e. The molecule has 1 saturated heterocycles. The molecule has 1 aliphatic heterocycles. The first-order valence-corrected chi connectivity index (χ1v) is 15.6. The summed E-state index contributed by atoms with van der Waals surface area (Å²) in [6.45, 7) is 9.82. The van der Waals surface area contributed by atoms with E-state index in [1.54, 1.807) is 13.8 Å². The molecule has 0 aromatic rings. The number of ketones is 1. The molecule has 2 bridgehead atoms. The van der Waals surface area contributed by atoms with Crippen LogP contribution < -0.4 is 0 Å². The van der Waals surface area contributed by atoms with E-state index in [2.05, 4.69) is 0 Å². The first-order valence-electron chi connectivity index (χ1n) is 15.6. The van der Waals surface area contributed by atoms with Crippen LogP contribution in [0.4, 0.5) is 0 Å². The molecule has 5 unspecified atom stereocenters. The number of carbonyl (C=O) groups is 4. The Morgan fingerprint density at radius 2 is 1.75 bits per heavy atom. The predicted octanol–water partition coefficient (Wildman–Crippen LogP) is 6.38. The molecule has 5 saturated carbocycles. The van der Waals surface area contributed by atoms with Crippen molar-refractivity contribution in [2.24, 2.45) is 27.6 Å². The molecular formula is C32H50O8. The fourth-order valence-corrected chi connectivity index (χ4v) is 8.17. The Labute approximate surface area is 239 Å². The lowest BCUT2D eigenvalue weighted by Crippen LogP contribution is -2.66. The molecule has 0 spiro atoms. The minimum atomic E-state index is -1.08. The van der Waals surface area contributed by atoms with Gasteiger partial charge in [-0.2, -0.15) is 0 Å². The standard InChI is InChI=1S/C32H50O8/c1-6-22(25(34)40-32(8-3)20-30-13-12-23(33)31(18-30,19-30)21-32)17-29(5,15-14-28(4,7-2)26(35)36)27(37)39-24-11-9-10-16-38-24/h22,24H,6-21H2,1-5H3,(H,35,36). The summed E-state index contributed by atoms with van der Waals surface area (Å²) in [7, 11) is 0. The van der Waals surface area contributed by atoms with Gasteiger partial charge in [0.2, 0.25) is 6.29 Å². The highest BCUT2D eigenvalue weighted by atomic mass is 16.7. The van der Waals surface area contributed by atoms with Gasteiger partial charge >= 0.3 is 17.9 Å². The number of Topliss-reactive ketones (excluding diaryl/α,β-unsaturated/α-hetero) is 1. The Kier molecular flexibility index (Phi) is 8.81. The molecule has 0 aromatic heterocycles. The van der Waals surface area contributed by atoms with Crippen LogP contribution in [0.25, 0.3) is 0 Å². The van der Waals surface area contributed by atoms with Crippen LogP contribution >= 0.6 is 0 Å². The monoisotopic (exact) mass is 562 g/mol. The molecule has 8 heteroatoms. The largest absolute Gasteiger partial charge is 0.481 e. The molecule has 1 N–H and O–H groups in total. The molecule has 226 valence electrons. The number of fused-ring (bicyclic) bond motifs is 4. The van der Waals surface area contributed by atoms with Crippen LogP contribution in [0.1, 0.15) is 131 Å². The molecule has 0 aromatic carbocycles. The van der Waals surface area contributed by atoms with Gasteiger partial charge in [0, 0.05) is 18.3 Å². The maximum absolute atomic E-state index is 13.8. The molecule has 40 heavy (non-hydrogen) atoms. The van der Waals surface area contributed by atoms with Crippen molar-refractivity contribution in [1.29, 1.82) is 0 Å². The SMILES string of the molecule is CCC(CC(C)(CCC(C)(CC)C(=O)O)C(=O)OC1CCCCO1)C(=O)OC1(CC)CC23CCC(=O)C(C2)(C3)C1. The molecule has 5 aliphatic carbocycles. The lowest BCUT2D eigenvalue weighted by atomic mass is 9.36. The van der Waals surface area contributed by atoms with Gasteiger partial charge in [0.05, 0.1) is 23.4 Å². The number of hydrogen-bond acceptors (Lipinski definition) is 7. The molecule has 0 radical (unpaired) electrons. The number of carbonyl (C=O) groups excluding carboxylic acids is 3. The van der Waals surface area contributed by atoms with Gasteiger partial charge in [0.15, 0.2) is 0 Å². The van der Waals surface area contributed by atoms with E-state index in [0.717, 1.165) is 38.5 Å². The van der Waals surface area contributed by atoms with Crippen LogP contribution in [0, 0.1) is 27.6 Å². The smallest absolute Gasteiger partial charge is 0.314 e. The van der Waals surface area contributed by atoms with Gasteiger partial charge in [-0.3, -0.25) is 19.2 Å². The van der Waals surface area contributed by atoms with Crippen molar-refractivity contribution in [2.75, 3.05) is 6.61 Å². The minimum Gasteiger partial charge on any atom is -0.481 e. The third-order valence-electron chi connectivity index (χ3n) is 11.1. The molecule has 8 nitrogen and oxygen atoms in total. The van der Waals surface area contributed by atoms with E-state index in [0.29, 0.717) is 50.9 Å². The van der Waals surface area contributed by atoms with E-state index >= 15 is 0 Å². The number of ether oxygens (including phenoxy) is 3. The van der Waals surface area contributed by atoms with Crippen LogP contribution in [-0.4, -0.2) is 47.3 Å². The first-order chi connectivity index (χ1) is 18.8. The van der Waals surface area contributed by atoms with Crippen LogP contribution in [0.2, 0.25) is 0 Å². The van der Waals surface area contributed by atoms with Crippen molar-refractivity contribution in [1.82, 2.24) is 0 Å². The van der Waals surface area contributed by atoms with Crippen LogP contribution in [-0.2, 0) is 33.4 Å². The van der Waals surface area contributed by atoms with Gasteiger partial charge in [-0.15, -0.1) is 0 Å². The summed E-state index contributed by atoms with van der Waals surface area (Å²) < 4.78 is 17.8. The third kappa shape index (κ3) is 5.84. The van der Waals surface area contributed by atoms with Crippen LogP contribution in [0.15, 0.2) is 0 Å². The van der Waals surface area contributed by atoms with E-state index < -0.39 is 40.6 Å². The van der Waals surface area contributed by atoms with E-state index in [9.17, 15) is 24.3 Å². The van der Waals surface area contributed by atoms with Crippen molar-refractivity contribution >= 4 is 23.7 Å². The normalized spacial score (nSPS) is 34.9. The maximum atomic E-state index is 13.8. The zero-order valence-corrected chi connectivity index (χ0v) is 25.3. The summed E-state index contributed by atoms with van der Waals surface area (Å²) in [6, 6.07) is 0. The van der Waals surface area contributed by atoms with E-state index in [1.165, 1.54) is 0 Å². The zero-order valence-electron chi connectivity index (χ0n) is 25.3. The van der Waals surface area contributed by atoms with Gasteiger partial charge in [-0.1, -0.05) is 20.8 Å². The lowest BCUT2D eigenvalue weighted by Gasteiger charge is -2.68. The summed E-state index contributed by atoms with van der Waals surface area (Å²) in [6.07, 6.45) is 9.01. The number of esters is 2. The molecule has 1 heterocycles. The highest BCUT2D eigenvalue weighted by molar-refractivity contribution is 5.88. The van der Waals surface area contributed by atoms with Gasteiger partial charge in [0.1, 0.15) is 11.4 Å². The van der Waals surface area contributed by atoms with Gasteiger partial charge in [-0.05, 0) is 103 Å². The molecule has 6 fully saturated rings. The Morgan fingerprint density at radius 3 is 2.33 bits per heavy atom. The fourth-order valence-electron chi connectivity index (χ4n) is 8.17. The quantitative estimate of drug-likeness (QED) is 0.257. The van der Waals surface area contributed by atoms with Gasteiger partial charge < -0.3 is 19.3 Å². The highest BCUT2D eigenvalue weighted by Gasteiger charge is 2.69. The topological polar surface area (TPSA) is 116 Å². The second-order valence-electron chi connectivity index (χ2n) is 14.2.